The van der Waals surface area contributed by atoms with Crippen molar-refractivity contribution in [3.63, 3.8) is 0 Å². The van der Waals surface area contributed by atoms with Crippen LogP contribution in [0.2, 0.25) is 0 Å². The molecule has 7 nitrogen and oxygen atoms in total. The molecule has 1 atom stereocenters. The van der Waals surface area contributed by atoms with Crippen LogP contribution in [-0.2, 0) is 9.53 Å². The highest BCUT2D eigenvalue weighted by Gasteiger charge is 2.17. The first-order valence-corrected chi connectivity index (χ1v) is 5.25. The topological polar surface area (TPSA) is 101 Å². The van der Waals surface area contributed by atoms with E-state index in [-0.39, 0.29) is 6.54 Å². The number of carbonyl (C=O) groups is 2. The lowest BCUT2D eigenvalue weighted by molar-refractivity contribution is -0.147. The fourth-order valence-electron chi connectivity index (χ4n) is 1.22. The molecule has 1 unspecified atom stereocenters. The summed E-state index contributed by atoms with van der Waals surface area (Å²) in [6.07, 6.45) is 2.06. The van der Waals surface area contributed by atoms with Crippen LogP contribution in [0.25, 0.3) is 0 Å². The normalized spacial score (nSPS) is 11.7. The Balaban J connectivity index is 2.48. The molecule has 0 saturated carbocycles. The average molecular weight is 253 g/mol. The summed E-state index contributed by atoms with van der Waals surface area (Å²) in [6, 6.07) is 1.25. The first kappa shape index (κ1) is 13.9. The second-order valence-corrected chi connectivity index (χ2v) is 3.59. The van der Waals surface area contributed by atoms with Crippen molar-refractivity contribution in [2.24, 2.45) is 0 Å². The maximum absolute atomic E-state index is 11.5. The van der Waals surface area contributed by atoms with Crippen LogP contribution in [0.3, 0.4) is 0 Å². The van der Waals surface area contributed by atoms with E-state index in [1.165, 1.54) is 13.3 Å². The van der Waals surface area contributed by atoms with Crippen LogP contribution < -0.4 is 10.6 Å². The van der Waals surface area contributed by atoms with Gasteiger partial charge in [-0.05, 0) is 18.6 Å². The van der Waals surface area contributed by atoms with Gasteiger partial charge in [0.15, 0.2) is 6.10 Å². The van der Waals surface area contributed by atoms with Crippen molar-refractivity contribution in [1.29, 1.82) is 0 Å². The van der Waals surface area contributed by atoms with Crippen LogP contribution >= 0.6 is 0 Å². The van der Waals surface area contributed by atoms with Crippen LogP contribution in [-0.4, -0.2) is 41.8 Å². The van der Waals surface area contributed by atoms with Crippen LogP contribution in [0.5, 0.6) is 0 Å². The standard InChI is InChI=1S/C11H15N3O4/c1-7-3-4-12-5-8(7)14-11(17)13-6-9(18-2)10(15)16/h3-5,9H,6H2,1-2H3,(H,15,16)(H2,13,14,17). The molecule has 3 N–H and O–H groups in total. The van der Waals surface area contributed by atoms with Gasteiger partial charge in [0.05, 0.1) is 18.4 Å². The quantitative estimate of drug-likeness (QED) is 0.713. The summed E-state index contributed by atoms with van der Waals surface area (Å²) < 4.78 is 4.68. The molecule has 98 valence electrons. The zero-order chi connectivity index (χ0) is 13.5. The highest BCUT2D eigenvalue weighted by Crippen LogP contribution is 2.10. The number of methoxy groups -OCH3 is 1. The number of aromatic nitrogens is 1. The summed E-state index contributed by atoms with van der Waals surface area (Å²) >= 11 is 0. The molecular weight excluding hydrogens is 238 g/mol. The number of carboxylic acids is 1. The molecule has 0 aromatic carbocycles. The number of hydrogen-bond acceptors (Lipinski definition) is 4. The Hall–Kier alpha value is -2.15. The highest BCUT2D eigenvalue weighted by atomic mass is 16.5. The summed E-state index contributed by atoms with van der Waals surface area (Å²) in [7, 11) is 1.27. The number of nitrogens with one attached hydrogen (secondary N) is 2. The number of amides is 2. The first-order valence-electron chi connectivity index (χ1n) is 5.25. The molecular formula is C11H15N3O4. The van der Waals surface area contributed by atoms with Gasteiger partial charge >= 0.3 is 12.0 Å². The molecule has 1 aromatic heterocycles. The lowest BCUT2D eigenvalue weighted by Gasteiger charge is -2.12. The predicted octanol–water partition coefficient (Wildman–Crippen LogP) is 0.611. The van der Waals surface area contributed by atoms with Gasteiger partial charge in [-0.15, -0.1) is 0 Å². The molecule has 7 heteroatoms. The van der Waals surface area contributed by atoms with Gasteiger partial charge in [-0.3, -0.25) is 4.98 Å². The largest absolute Gasteiger partial charge is 0.479 e. The molecule has 0 radical (unpaired) electrons. The van der Waals surface area contributed by atoms with Gasteiger partial charge < -0.3 is 20.5 Å². The number of aliphatic carboxylic acids is 1. The van der Waals surface area contributed by atoms with E-state index in [9.17, 15) is 9.59 Å². The average Bonchev–Trinajstić information content (AvgIpc) is 2.32. The van der Waals surface area contributed by atoms with Crippen LogP contribution in [0.15, 0.2) is 18.5 Å². The van der Waals surface area contributed by atoms with E-state index in [1.54, 1.807) is 12.3 Å². The van der Waals surface area contributed by atoms with E-state index in [0.717, 1.165) is 5.56 Å². The Bertz CT molecular complexity index is 436. The Morgan fingerprint density at radius 3 is 2.83 bits per heavy atom. The fraction of sp³-hybridized carbons (Fsp3) is 0.364. The van der Waals surface area contributed by atoms with Crippen molar-refractivity contribution >= 4 is 17.7 Å². The predicted molar refractivity (Wildman–Crippen MR) is 64.4 cm³/mol. The van der Waals surface area contributed by atoms with Gasteiger partial charge in [-0.1, -0.05) is 0 Å². The number of carbonyl (C=O) groups excluding carboxylic acids is 1. The van der Waals surface area contributed by atoms with Gasteiger partial charge in [0.2, 0.25) is 0 Å². The number of anilines is 1. The number of urea groups is 1. The third-order valence-electron chi connectivity index (χ3n) is 2.30. The molecule has 0 fully saturated rings. The third-order valence-corrected chi connectivity index (χ3v) is 2.30. The molecule has 0 saturated heterocycles. The van der Waals surface area contributed by atoms with Crippen molar-refractivity contribution in [3.05, 3.63) is 24.0 Å². The third kappa shape index (κ3) is 4.02. The second kappa shape index (κ2) is 6.55. The highest BCUT2D eigenvalue weighted by molar-refractivity contribution is 5.90. The summed E-state index contributed by atoms with van der Waals surface area (Å²) in [5, 5.41) is 13.7. The Morgan fingerprint density at radius 1 is 1.56 bits per heavy atom. The molecule has 2 amide bonds. The summed E-state index contributed by atoms with van der Waals surface area (Å²) in [5.41, 5.74) is 1.43. The van der Waals surface area contributed by atoms with Gasteiger partial charge in [0, 0.05) is 13.3 Å². The fourth-order valence-corrected chi connectivity index (χ4v) is 1.22. The summed E-state index contributed by atoms with van der Waals surface area (Å²) in [5.74, 6) is -1.13. The number of aryl methyl sites for hydroxylation is 1. The number of ether oxygens (including phenoxy) is 1. The Labute approximate surface area is 104 Å². The SMILES string of the molecule is COC(CNC(=O)Nc1cnccc1C)C(=O)O. The van der Waals surface area contributed by atoms with E-state index < -0.39 is 18.1 Å². The van der Waals surface area contributed by atoms with Crippen molar-refractivity contribution in [3.8, 4) is 0 Å². The molecule has 0 bridgehead atoms. The number of carboxylic acid groups (broad SMARTS) is 1. The van der Waals surface area contributed by atoms with Crippen molar-refractivity contribution in [2.45, 2.75) is 13.0 Å². The van der Waals surface area contributed by atoms with Gasteiger partial charge in [-0.25, -0.2) is 9.59 Å². The summed E-state index contributed by atoms with van der Waals surface area (Å²) in [4.78, 5) is 26.0. The van der Waals surface area contributed by atoms with Crippen LogP contribution in [0.4, 0.5) is 10.5 Å². The van der Waals surface area contributed by atoms with E-state index in [1.807, 2.05) is 6.92 Å². The van der Waals surface area contributed by atoms with E-state index >= 15 is 0 Å². The van der Waals surface area contributed by atoms with Crippen molar-refractivity contribution in [1.82, 2.24) is 10.3 Å². The van der Waals surface area contributed by atoms with Crippen LogP contribution in [0, 0.1) is 6.92 Å². The number of hydrogen-bond donors (Lipinski definition) is 3. The summed E-state index contributed by atoms with van der Waals surface area (Å²) in [6.45, 7) is 1.71. The lowest BCUT2D eigenvalue weighted by atomic mass is 10.2. The first-order chi connectivity index (χ1) is 8.54. The van der Waals surface area contributed by atoms with Gasteiger partial charge in [-0.2, -0.15) is 0 Å². The maximum atomic E-state index is 11.5. The Kier molecular flexibility index (Phi) is 5.06. The zero-order valence-corrected chi connectivity index (χ0v) is 10.1. The molecule has 0 aliphatic carbocycles. The molecule has 0 aliphatic heterocycles. The number of pyridine rings is 1. The van der Waals surface area contributed by atoms with Crippen molar-refractivity contribution < 1.29 is 19.4 Å². The minimum Gasteiger partial charge on any atom is -0.479 e. The molecule has 0 spiro atoms. The molecule has 1 heterocycles. The molecule has 18 heavy (non-hydrogen) atoms. The zero-order valence-electron chi connectivity index (χ0n) is 10.1. The minimum atomic E-state index is -1.13. The number of rotatable bonds is 5. The van der Waals surface area contributed by atoms with E-state index in [4.69, 9.17) is 5.11 Å². The smallest absolute Gasteiger partial charge is 0.334 e. The lowest BCUT2D eigenvalue weighted by Crippen LogP contribution is -2.39. The van der Waals surface area contributed by atoms with E-state index in [2.05, 4.69) is 20.4 Å². The Morgan fingerprint density at radius 2 is 2.28 bits per heavy atom. The van der Waals surface area contributed by atoms with Crippen molar-refractivity contribution in [2.75, 3.05) is 19.0 Å². The second-order valence-electron chi connectivity index (χ2n) is 3.59. The molecule has 1 rings (SSSR count). The number of nitrogens with zero attached hydrogens (tertiary/aromatic N) is 1. The maximum Gasteiger partial charge on any atom is 0.334 e. The minimum absolute atomic E-state index is 0.114. The molecule has 0 aliphatic rings. The monoisotopic (exact) mass is 253 g/mol. The van der Waals surface area contributed by atoms with Gasteiger partial charge in [0.25, 0.3) is 0 Å². The van der Waals surface area contributed by atoms with Gasteiger partial charge in [0.1, 0.15) is 0 Å². The van der Waals surface area contributed by atoms with Crippen LogP contribution in [0.1, 0.15) is 5.56 Å². The molecule has 1 aromatic rings. The van der Waals surface area contributed by atoms with E-state index in [0.29, 0.717) is 5.69 Å².